The molecule has 0 bridgehead atoms. The highest BCUT2D eigenvalue weighted by Gasteiger charge is 2.12. The molecule has 0 spiro atoms. The average molecular weight is 481 g/mol. The second-order valence-electron chi connectivity index (χ2n) is 7.45. The van der Waals surface area contributed by atoms with Crippen LogP contribution in [0.25, 0.3) is 6.08 Å². The number of carbonyl (C=O) groups is 2. The number of carboxylic acid groups (broad SMARTS) is 1. The van der Waals surface area contributed by atoms with Gasteiger partial charge in [0.2, 0.25) is 12.2 Å². The second-order valence-corrected chi connectivity index (χ2v) is 7.45. The Labute approximate surface area is 204 Å². The van der Waals surface area contributed by atoms with E-state index in [4.69, 9.17) is 18.9 Å². The molecule has 1 atom stereocenters. The Kier molecular flexibility index (Phi) is 10.3. The lowest BCUT2D eigenvalue weighted by Crippen LogP contribution is -2.38. The van der Waals surface area contributed by atoms with Gasteiger partial charge in [-0.15, -0.1) is 0 Å². The van der Waals surface area contributed by atoms with Crippen LogP contribution in [-0.2, 0) is 19.0 Å². The lowest BCUT2D eigenvalue weighted by molar-refractivity contribution is -0.111. The smallest absolute Gasteiger partial charge is 0.337 e. The first-order valence-corrected chi connectivity index (χ1v) is 11.1. The minimum atomic E-state index is -1.12. The van der Waals surface area contributed by atoms with Gasteiger partial charge in [-0.3, -0.25) is 9.69 Å². The predicted molar refractivity (Wildman–Crippen MR) is 130 cm³/mol. The van der Waals surface area contributed by atoms with Crippen LogP contribution in [0.4, 0.5) is 5.69 Å². The third kappa shape index (κ3) is 8.55. The van der Waals surface area contributed by atoms with Crippen molar-refractivity contribution in [2.75, 3.05) is 51.9 Å². The number of benzene rings is 2. The molecule has 9 heteroatoms. The summed E-state index contributed by atoms with van der Waals surface area (Å²) in [6.07, 6.45) is 4.71. The van der Waals surface area contributed by atoms with E-state index in [0.717, 1.165) is 32.8 Å². The van der Waals surface area contributed by atoms with Crippen molar-refractivity contribution in [2.24, 2.45) is 0 Å². The third-order valence-corrected chi connectivity index (χ3v) is 5.08. The number of methoxy groups -OCH3 is 1. The summed E-state index contributed by atoms with van der Waals surface area (Å²) < 4.78 is 21.8. The summed E-state index contributed by atoms with van der Waals surface area (Å²) in [4.78, 5) is 25.9. The molecule has 0 aromatic heterocycles. The minimum absolute atomic E-state index is 0.00752. The van der Waals surface area contributed by atoms with Gasteiger partial charge in [-0.2, -0.15) is 0 Å². The number of carbonyl (C=O) groups excluding carboxylic acids is 1. The molecule has 0 aliphatic carbocycles. The summed E-state index contributed by atoms with van der Waals surface area (Å²) in [6.45, 7) is 4.44. The zero-order chi connectivity index (χ0) is 24.9. The Balaban J connectivity index is 1.55. The van der Waals surface area contributed by atoms with Gasteiger partial charge >= 0.3 is 5.97 Å². The summed E-state index contributed by atoms with van der Waals surface area (Å²) in [5.41, 5.74) is 0.836. The van der Waals surface area contributed by atoms with E-state index in [2.05, 4.69) is 22.2 Å². The molecule has 1 fully saturated rings. The lowest BCUT2D eigenvalue weighted by Gasteiger charge is -2.26. The summed E-state index contributed by atoms with van der Waals surface area (Å²) in [5, 5.41) is 11.8. The van der Waals surface area contributed by atoms with Crippen LogP contribution in [0.3, 0.4) is 0 Å². The van der Waals surface area contributed by atoms with Gasteiger partial charge < -0.3 is 29.4 Å². The Morgan fingerprint density at radius 3 is 2.69 bits per heavy atom. The lowest BCUT2D eigenvalue weighted by atomic mass is 10.1. The van der Waals surface area contributed by atoms with Gasteiger partial charge in [0.25, 0.3) is 0 Å². The van der Waals surface area contributed by atoms with Crippen molar-refractivity contribution in [3.63, 3.8) is 0 Å². The fraction of sp³-hybridized carbons (Fsp3) is 0.308. The van der Waals surface area contributed by atoms with Crippen LogP contribution in [0, 0.1) is 12.0 Å². The molecule has 184 valence electrons. The van der Waals surface area contributed by atoms with Crippen LogP contribution in [0.2, 0.25) is 0 Å². The Hall–Kier alpha value is -3.68. The maximum absolute atomic E-state index is 12.3. The van der Waals surface area contributed by atoms with E-state index < -0.39 is 18.2 Å². The van der Waals surface area contributed by atoms with E-state index in [-0.39, 0.29) is 11.3 Å². The first-order valence-electron chi connectivity index (χ1n) is 11.1. The van der Waals surface area contributed by atoms with Crippen LogP contribution < -0.4 is 10.1 Å². The van der Waals surface area contributed by atoms with Crippen molar-refractivity contribution >= 4 is 23.6 Å². The Morgan fingerprint density at radius 2 is 1.91 bits per heavy atom. The summed E-state index contributed by atoms with van der Waals surface area (Å²) in [5.74, 6) is 1.62. The highest BCUT2D eigenvalue weighted by Crippen LogP contribution is 2.20. The normalized spacial score (nSPS) is 14.7. The van der Waals surface area contributed by atoms with Crippen molar-refractivity contribution in [1.82, 2.24) is 4.90 Å². The average Bonchev–Trinajstić information content (AvgIpc) is 2.88. The monoisotopic (exact) mass is 480 g/mol. The molecular weight excluding hydrogens is 452 g/mol. The maximum Gasteiger partial charge on any atom is 0.337 e. The number of carboxylic acids is 1. The largest absolute Gasteiger partial charge is 0.478 e. The van der Waals surface area contributed by atoms with Gasteiger partial charge in [-0.1, -0.05) is 30.3 Å². The van der Waals surface area contributed by atoms with Crippen LogP contribution in [0.15, 0.2) is 54.6 Å². The van der Waals surface area contributed by atoms with Gasteiger partial charge in [-0.25, -0.2) is 4.79 Å². The number of nitrogens with zero attached hydrogens (tertiary/aromatic N) is 1. The standard InChI is InChI=1S/C26H28N2O7/c1-32-25(35-19-15-28-13-17-33-18-14-28)12-16-34-23-9-5-2-6-20(23)10-11-24(29)27-22-8-4-3-7-21(22)26(30)31/h2-11,25H,13-15,17-19H2,1H3,(H,27,29)(H,30,31)/b11-10+. The number of rotatable bonds is 10. The van der Waals surface area contributed by atoms with E-state index in [1.165, 1.54) is 25.3 Å². The zero-order valence-electron chi connectivity index (χ0n) is 19.4. The molecule has 2 N–H and O–H groups in total. The van der Waals surface area contributed by atoms with Crippen LogP contribution in [0.5, 0.6) is 5.75 Å². The fourth-order valence-corrected chi connectivity index (χ4v) is 3.24. The van der Waals surface area contributed by atoms with Crippen molar-refractivity contribution in [3.05, 3.63) is 65.7 Å². The van der Waals surface area contributed by atoms with Gasteiger partial charge in [0.15, 0.2) is 0 Å². The first-order chi connectivity index (χ1) is 17.1. The number of hydrogen-bond acceptors (Lipinski definition) is 7. The second kappa shape index (κ2) is 13.9. The molecule has 35 heavy (non-hydrogen) atoms. The zero-order valence-corrected chi connectivity index (χ0v) is 19.4. The number of aromatic carboxylic acids is 1. The molecule has 2 aromatic carbocycles. The van der Waals surface area contributed by atoms with E-state index in [1.807, 2.05) is 0 Å². The molecule has 9 nitrogen and oxygen atoms in total. The SMILES string of the molecule is COC(C#COc1ccccc1/C=C/C(=O)Nc1ccccc1C(=O)O)OCCN1CCOCC1. The molecule has 2 aromatic rings. The van der Waals surface area contributed by atoms with Gasteiger partial charge in [0.1, 0.15) is 11.9 Å². The number of anilines is 1. The van der Waals surface area contributed by atoms with E-state index in [9.17, 15) is 14.7 Å². The molecule has 3 rings (SSSR count). The molecule has 1 heterocycles. The number of para-hydroxylation sites is 2. The van der Waals surface area contributed by atoms with Gasteiger partial charge in [-0.05, 0) is 24.3 Å². The fourth-order valence-electron chi connectivity index (χ4n) is 3.24. The summed E-state index contributed by atoms with van der Waals surface area (Å²) >= 11 is 0. The molecule has 1 saturated heterocycles. The topological polar surface area (TPSA) is 107 Å². The minimum Gasteiger partial charge on any atom is -0.478 e. The van der Waals surface area contributed by atoms with Crippen molar-refractivity contribution in [1.29, 1.82) is 0 Å². The van der Waals surface area contributed by atoms with E-state index >= 15 is 0 Å². The van der Waals surface area contributed by atoms with Crippen molar-refractivity contribution in [2.45, 2.75) is 6.29 Å². The molecular formula is C26H28N2O7. The number of amides is 1. The van der Waals surface area contributed by atoms with Crippen molar-refractivity contribution < 1.29 is 33.6 Å². The van der Waals surface area contributed by atoms with Crippen molar-refractivity contribution in [3.8, 4) is 17.8 Å². The Bertz CT molecular complexity index is 1080. The number of nitrogens with one attached hydrogen (secondary N) is 1. The highest BCUT2D eigenvalue weighted by molar-refractivity contribution is 6.06. The van der Waals surface area contributed by atoms with Crippen LogP contribution in [-0.4, -0.2) is 74.7 Å². The van der Waals surface area contributed by atoms with Gasteiger partial charge in [0.05, 0.1) is 31.1 Å². The predicted octanol–water partition coefficient (Wildman–Crippen LogP) is 2.70. The van der Waals surface area contributed by atoms with Gasteiger partial charge in [0, 0.05) is 44.3 Å². The molecule has 1 aliphatic rings. The number of ether oxygens (including phenoxy) is 4. The third-order valence-electron chi connectivity index (χ3n) is 5.08. The number of morpholine rings is 1. The number of hydrogen-bond donors (Lipinski definition) is 2. The quantitative estimate of drug-likeness (QED) is 0.304. The molecule has 0 radical (unpaired) electrons. The molecule has 1 amide bonds. The molecule has 0 saturated carbocycles. The summed E-state index contributed by atoms with van der Waals surface area (Å²) in [7, 11) is 1.51. The summed E-state index contributed by atoms with van der Waals surface area (Å²) in [6, 6.07) is 13.2. The molecule has 1 unspecified atom stereocenters. The van der Waals surface area contributed by atoms with Crippen LogP contribution >= 0.6 is 0 Å². The highest BCUT2D eigenvalue weighted by atomic mass is 16.7. The van der Waals surface area contributed by atoms with E-state index in [1.54, 1.807) is 42.5 Å². The first kappa shape index (κ1) is 25.9. The Morgan fingerprint density at radius 1 is 1.17 bits per heavy atom. The van der Waals surface area contributed by atoms with Crippen LogP contribution in [0.1, 0.15) is 15.9 Å². The maximum atomic E-state index is 12.3. The molecule has 1 aliphatic heterocycles. The van der Waals surface area contributed by atoms with E-state index in [0.29, 0.717) is 17.9 Å².